The molecule has 0 spiro atoms. The van der Waals surface area contributed by atoms with E-state index >= 15 is 0 Å². The Balaban J connectivity index is 2.64. The lowest BCUT2D eigenvalue weighted by atomic mass is 10.2. The summed E-state index contributed by atoms with van der Waals surface area (Å²) in [7, 11) is 1.46. The van der Waals surface area contributed by atoms with Crippen LogP contribution >= 0.6 is 0 Å². The van der Waals surface area contributed by atoms with Gasteiger partial charge in [-0.1, -0.05) is 6.07 Å². The summed E-state index contributed by atoms with van der Waals surface area (Å²) < 4.78 is 40.4. The summed E-state index contributed by atoms with van der Waals surface area (Å²) >= 11 is 0. The van der Waals surface area contributed by atoms with Gasteiger partial charge in [0.05, 0.1) is 0 Å². The Morgan fingerprint density at radius 1 is 1.33 bits per heavy atom. The van der Waals surface area contributed by atoms with E-state index in [-0.39, 0.29) is 5.91 Å². The molecule has 5 nitrogen and oxygen atoms in total. The van der Waals surface area contributed by atoms with Gasteiger partial charge in [-0.25, -0.2) is 0 Å². The lowest BCUT2D eigenvalue weighted by Gasteiger charge is -2.15. The van der Waals surface area contributed by atoms with E-state index in [1.165, 1.54) is 32.2 Å². The summed E-state index contributed by atoms with van der Waals surface area (Å²) in [4.78, 5) is 23.1. The summed E-state index contributed by atoms with van der Waals surface area (Å²) in [5, 5.41) is 4.81. The predicted molar refractivity (Wildman–Crippen MR) is 69.9 cm³/mol. The van der Waals surface area contributed by atoms with Crippen molar-refractivity contribution in [2.45, 2.75) is 19.2 Å². The van der Waals surface area contributed by atoms with Crippen LogP contribution in [0.5, 0.6) is 0 Å². The van der Waals surface area contributed by atoms with Crippen molar-refractivity contribution in [3.63, 3.8) is 0 Å². The molecule has 0 aliphatic heterocycles. The summed E-state index contributed by atoms with van der Waals surface area (Å²) in [6.07, 6.45) is -5.76. The van der Waals surface area contributed by atoms with Crippen molar-refractivity contribution >= 4 is 17.5 Å². The van der Waals surface area contributed by atoms with Crippen molar-refractivity contribution in [2.24, 2.45) is 0 Å². The standard InChI is InChI=1S/C13H15F3N2O3/c1-8(21-7-13(14,15)16)11(19)18-10-5-3-4-9(6-10)12(20)17-2/h3-6,8H,7H2,1-2H3,(H,17,20)(H,18,19)/t8-/m1/s1. The van der Waals surface area contributed by atoms with Gasteiger partial charge in [-0.2, -0.15) is 13.2 Å². The zero-order valence-corrected chi connectivity index (χ0v) is 11.5. The molecular formula is C13H15F3N2O3. The Labute approximate surface area is 119 Å². The van der Waals surface area contributed by atoms with Crippen LogP contribution in [0.2, 0.25) is 0 Å². The van der Waals surface area contributed by atoms with Gasteiger partial charge in [-0.15, -0.1) is 0 Å². The number of ether oxygens (including phenoxy) is 1. The highest BCUT2D eigenvalue weighted by atomic mass is 19.4. The third-order valence-corrected chi connectivity index (χ3v) is 2.49. The van der Waals surface area contributed by atoms with Gasteiger partial charge in [0.25, 0.3) is 11.8 Å². The van der Waals surface area contributed by atoms with Crippen molar-refractivity contribution in [1.29, 1.82) is 0 Å². The van der Waals surface area contributed by atoms with Crippen LogP contribution in [0.3, 0.4) is 0 Å². The Kier molecular flexibility index (Phi) is 5.71. The predicted octanol–water partition coefficient (Wildman–Crippen LogP) is 1.95. The lowest BCUT2D eigenvalue weighted by Crippen LogP contribution is -2.31. The minimum atomic E-state index is -4.49. The number of carbonyl (C=O) groups excluding carboxylic acids is 2. The number of nitrogens with one attached hydrogen (secondary N) is 2. The number of halogens is 3. The van der Waals surface area contributed by atoms with E-state index in [9.17, 15) is 22.8 Å². The summed E-state index contributed by atoms with van der Waals surface area (Å²) in [5.74, 6) is -1.07. The fourth-order valence-corrected chi connectivity index (χ4v) is 1.42. The third kappa shape index (κ3) is 5.82. The fraction of sp³-hybridized carbons (Fsp3) is 0.385. The second-order valence-corrected chi connectivity index (χ2v) is 4.22. The molecule has 0 aliphatic rings. The van der Waals surface area contributed by atoms with Crippen molar-refractivity contribution in [1.82, 2.24) is 5.32 Å². The van der Waals surface area contributed by atoms with Gasteiger partial charge in [0, 0.05) is 18.3 Å². The monoisotopic (exact) mass is 304 g/mol. The van der Waals surface area contributed by atoms with Gasteiger partial charge in [0.2, 0.25) is 0 Å². The first-order chi connectivity index (χ1) is 9.73. The van der Waals surface area contributed by atoms with Crippen LogP contribution in [0.1, 0.15) is 17.3 Å². The number of carbonyl (C=O) groups is 2. The average molecular weight is 304 g/mol. The average Bonchev–Trinajstić information content (AvgIpc) is 2.43. The van der Waals surface area contributed by atoms with Crippen LogP contribution in [-0.2, 0) is 9.53 Å². The van der Waals surface area contributed by atoms with Gasteiger partial charge in [0.15, 0.2) is 0 Å². The Bertz CT molecular complexity index is 518. The number of benzene rings is 1. The lowest BCUT2D eigenvalue weighted by molar-refractivity contribution is -0.184. The summed E-state index contributed by atoms with van der Waals surface area (Å²) in [5.41, 5.74) is 0.614. The molecule has 8 heteroatoms. The van der Waals surface area contributed by atoms with Crippen LogP contribution in [0, 0.1) is 0 Å². The molecule has 0 radical (unpaired) electrons. The maximum Gasteiger partial charge on any atom is 0.411 e. The van der Waals surface area contributed by atoms with E-state index in [2.05, 4.69) is 15.4 Å². The highest BCUT2D eigenvalue weighted by Gasteiger charge is 2.29. The highest BCUT2D eigenvalue weighted by molar-refractivity contribution is 5.98. The molecule has 0 aromatic heterocycles. The van der Waals surface area contributed by atoms with Crippen LogP contribution in [0.4, 0.5) is 18.9 Å². The molecule has 1 rings (SSSR count). The molecule has 2 amide bonds. The molecule has 0 heterocycles. The topological polar surface area (TPSA) is 67.4 Å². The normalized spacial score (nSPS) is 12.6. The zero-order chi connectivity index (χ0) is 16.0. The van der Waals surface area contributed by atoms with Crippen molar-refractivity contribution in [3.05, 3.63) is 29.8 Å². The van der Waals surface area contributed by atoms with Crippen LogP contribution in [-0.4, -0.2) is 37.7 Å². The number of alkyl halides is 3. The highest BCUT2D eigenvalue weighted by Crippen LogP contribution is 2.16. The molecule has 0 aliphatic carbocycles. The maximum absolute atomic E-state index is 12.0. The number of rotatable bonds is 5. The number of anilines is 1. The van der Waals surface area contributed by atoms with E-state index in [4.69, 9.17) is 0 Å². The SMILES string of the molecule is CNC(=O)c1cccc(NC(=O)[C@@H](C)OCC(F)(F)F)c1. The molecule has 2 N–H and O–H groups in total. The molecule has 0 unspecified atom stereocenters. The third-order valence-electron chi connectivity index (χ3n) is 2.49. The maximum atomic E-state index is 12.0. The second kappa shape index (κ2) is 7.07. The zero-order valence-electron chi connectivity index (χ0n) is 11.5. The van der Waals surface area contributed by atoms with Crippen molar-refractivity contribution in [3.8, 4) is 0 Å². The second-order valence-electron chi connectivity index (χ2n) is 4.22. The van der Waals surface area contributed by atoms with Gasteiger partial charge < -0.3 is 15.4 Å². The fourth-order valence-electron chi connectivity index (χ4n) is 1.42. The van der Waals surface area contributed by atoms with Gasteiger partial charge >= 0.3 is 6.18 Å². The molecule has 0 saturated carbocycles. The van der Waals surface area contributed by atoms with E-state index in [1.54, 1.807) is 6.07 Å². The molecule has 1 aromatic rings. The number of amides is 2. The molecule has 116 valence electrons. The summed E-state index contributed by atoms with van der Waals surface area (Å²) in [6.45, 7) is -0.288. The van der Waals surface area contributed by atoms with Crippen LogP contribution in [0.25, 0.3) is 0 Å². The molecule has 0 saturated heterocycles. The van der Waals surface area contributed by atoms with Gasteiger partial charge in [-0.05, 0) is 25.1 Å². The largest absolute Gasteiger partial charge is 0.411 e. The molecule has 1 atom stereocenters. The minimum Gasteiger partial charge on any atom is -0.359 e. The minimum absolute atomic E-state index is 0.295. The quantitative estimate of drug-likeness (QED) is 0.874. The van der Waals surface area contributed by atoms with E-state index in [0.29, 0.717) is 11.3 Å². The molecule has 1 aromatic carbocycles. The van der Waals surface area contributed by atoms with Gasteiger partial charge in [-0.3, -0.25) is 9.59 Å². The molecule has 21 heavy (non-hydrogen) atoms. The Morgan fingerprint density at radius 3 is 2.57 bits per heavy atom. The molecular weight excluding hydrogens is 289 g/mol. The van der Waals surface area contributed by atoms with Crippen molar-refractivity contribution in [2.75, 3.05) is 19.0 Å². The van der Waals surface area contributed by atoms with E-state index in [1.807, 2.05) is 0 Å². The molecule has 0 bridgehead atoms. The van der Waals surface area contributed by atoms with E-state index < -0.39 is 24.8 Å². The Hall–Kier alpha value is -2.09. The smallest absolute Gasteiger partial charge is 0.359 e. The van der Waals surface area contributed by atoms with Crippen LogP contribution in [0.15, 0.2) is 24.3 Å². The van der Waals surface area contributed by atoms with Crippen molar-refractivity contribution < 1.29 is 27.5 Å². The summed E-state index contributed by atoms with van der Waals surface area (Å²) in [6, 6.07) is 6.01. The number of hydrogen-bond donors (Lipinski definition) is 2. The number of hydrogen-bond acceptors (Lipinski definition) is 3. The van der Waals surface area contributed by atoms with Gasteiger partial charge in [0.1, 0.15) is 12.7 Å². The van der Waals surface area contributed by atoms with E-state index in [0.717, 1.165) is 0 Å². The Morgan fingerprint density at radius 2 is 2.00 bits per heavy atom. The molecule has 0 fully saturated rings. The van der Waals surface area contributed by atoms with Crippen LogP contribution < -0.4 is 10.6 Å². The first-order valence-corrected chi connectivity index (χ1v) is 6.04. The first kappa shape index (κ1) is 17.0. The first-order valence-electron chi connectivity index (χ1n) is 6.04.